The summed E-state index contributed by atoms with van der Waals surface area (Å²) in [4.78, 5) is 28.3. The fourth-order valence-electron chi connectivity index (χ4n) is 2.88. The number of carbonyl (C=O) groups excluding carboxylic acids is 2. The number of amides is 1. The van der Waals surface area contributed by atoms with Crippen molar-refractivity contribution in [1.29, 1.82) is 0 Å². The van der Waals surface area contributed by atoms with Crippen LogP contribution < -0.4 is 0 Å². The first-order chi connectivity index (χ1) is 12.2. The molecular weight excluding hydrogens is 398 g/mol. The van der Waals surface area contributed by atoms with Gasteiger partial charge in [0, 0.05) is 35.7 Å². The molecule has 1 aliphatic heterocycles. The molecule has 7 heteroatoms. The van der Waals surface area contributed by atoms with Gasteiger partial charge in [-0.1, -0.05) is 15.9 Å². The van der Waals surface area contributed by atoms with Gasteiger partial charge < -0.3 is 15.4 Å². The van der Waals surface area contributed by atoms with E-state index in [0.717, 1.165) is 4.47 Å². The number of nitrogens with zero attached hydrogens (tertiary/aromatic N) is 2. The van der Waals surface area contributed by atoms with Gasteiger partial charge in [-0.2, -0.15) is 0 Å². The summed E-state index contributed by atoms with van der Waals surface area (Å²) in [6.45, 7) is 8.22. The van der Waals surface area contributed by atoms with Crippen LogP contribution in [-0.2, 0) is 9.53 Å². The summed E-state index contributed by atoms with van der Waals surface area (Å²) in [5.41, 5.74) is 7.69. The second-order valence-corrected chi connectivity index (χ2v) is 8.41. The zero-order valence-corrected chi connectivity index (χ0v) is 17.2. The molecule has 0 spiro atoms. The number of hydrogen-bond donors (Lipinski definition) is 0. The van der Waals surface area contributed by atoms with Crippen LogP contribution >= 0.6 is 15.9 Å². The fourth-order valence-corrected chi connectivity index (χ4v) is 3.14. The van der Waals surface area contributed by atoms with Gasteiger partial charge in [-0.15, -0.1) is 6.54 Å². The van der Waals surface area contributed by atoms with E-state index in [-0.39, 0.29) is 24.5 Å². The smallest absolute Gasteiger partial charge is 0.307 e. The minimum atomic E-state index is -0.484. The van der Waals surface area contributed by atoms with Gasteiger partial charge in [-0.3, -0.25) is 14.5 Å². The van der Waals surface area contributed by atoms with E-state index >= 15 is 0 Å². The Morgan fingerprint density at radius 3 is 2.38 bits per heavy atom. The molecule has 1 heterocycles. The fraction of sp³-hybridized carbons (Fsp3) is 0.579. The molecule has 1 fully saturated rings. The van der Waals surface area contributed by atoms with E-state index in [1.54, 1.807) is 4.90 Å². The van der Waals surface area contributed by atoms with Gasteiger partial charge in [0.2, 0.25) is 0 Å². The first-order valence-electron chi connectivity index (χ1n) is 8.85. The standard InChI is InChI=1S/C19H27BrN3O3/c1-19(2,3)26-17(24)8-10-22(11-9-21)16-12-23(13-16)18(25)14-4-6-15(20)7-5-14/h4-7,16,21H,8-13H2,1-3H3/q-1. The van der Waals surface area contributed by atoms with Crippen molar-refractivity contribution in [3.05, 3.63) is 40.0 Å². The predicted octanol–water partition coefficient (Wildman–Crippen LogP) is 3.36. The van der Waals surface area contributed by atoms with E-state index in [4.69, 9.17) is 10.5 Å². The number of rotatable bonds is 7. The van der Waals surface area contributed by atoms with Crippen molar-refractivity contribution in [1.82, 2.24) is 9.80 Å². The SMILES string of the molecule is CC(C)(C)OC(=O)CCN(CC[NH-])C1CN(C(=O)c2ccc(Br)cc2)C1. The molecule has 1 aromatic rings. The Morgan fingerprint density at radius 2 is 1.85 bits per heavy atom. The Morgan fingerprint density at radius 1 is 1.23 bits per heavy atom. The molecule has 1 aliphatic rings. The summed E-state index contributed by atoms with van der Waals surface area (Å²) in [7, 11) is 0. The van der Waals surface area contributed by atoms with E-state index in [1.165, 1.54) is 0 Å². The molecule has 0 aromatic heterocycles. The molecule has 1 N–H and O–H groups in total. The third-order valence-corrected chi connectivity index (χ3v) is 4.71. The maximum atomic E-state index is 12.5. The molecule has 26 heavy (non-hydrogen) atoms. The Balaban J connectivity index is 1.84. The lowest BCUT2D eigenvalue weighted by atomic mass is 10.0. The number of carbonyl (C=O) groups is 2. The van der Waals surface area contributed by atoms with E-state index in [1.807, 2.05) is 45.0 Å². The van der Waals surface area contributed by atoms with E-state index in [9.17, 15) is 9.59 Å². The lowest BCUT2D eigenvalue weighted by molar-refractivity contribution is -0.155. The van der Waals surface area contributed by atoms with Crippen molar-refractivity contribution in [2.75, 3.05) is 32.7 Å². The summed E-state index contributed by atoms with van der Waals surface area (Å²) >= 11 is 3.37. The zero-order valence-electron chi connectivity index (χ0n) is 15.6. The van der Waals surface area contributed by atoms with Gasteiger partial charge in [0.15, 0.2) is 0 Å². The number of esters is 1. The minimum absolute atomic E-state index is 0.0201. The summed E-state index contributed by atoms with van der Waals surface area (Å²) in [6.07, 6.45) is 0.300. The number of nitrogens with one attached hydrogen (secondary N) is 1. The number of ether oxygens (including phenoxy) is 1. The van der Waals surface area contributed by atoms with Gasteiger partial charge >= 0.3 is 5.97 Å². The summed E-state index contributed by atoms with van der Waals surface area (Å²) < 4.78 is 6.29. The molecule has 0 aliphatic carbocycles. The zero-order chi connectivity index (χ0) is 19.3. The molecule has 0 radical (unpaired) electrons. The van der Waals surface area contributed by atoms with Gasteiger partial charge in [-0.25, -0.2) is 0 Å². The van der Waals surface area contributed by atoms with E-state index in [0.29, 0.717) is 38.2 Å². The molecular formula is C19H27BrN3O3-. The van der Waals surface area contributed by atoms with Crippen LogP contribution in [0.2, 0.25) is 0 Å². The Kier molecular flexibility index (Phi) is 7.20. The second-order valence-electron chi connectivity index (χ2n) is 7.49. The molecule has 1 amide bonds. The Hall–Kier alpha value is -1.44. The molecule has 0 atom stereocenters. The Bertz CT molecular complexity index is 622. The highest BCUT2D eigenvalue weighted by Crippen LogP contribution is 2.20. The first kappa shape index (κ1) is 20.9. The second kappa shape index (κ2) is 8.97. The first-order valence-corrected chi connectivity index (χ1v) is 9.64. The number of hydrogen-bond acceptors (Lipinski definition) is 4. The van der Waals surface area contributed by atoms with Crippen LogP contribution in [0.15, 0.2) is 28.7 Å². The molecule has 0 bridgehead atoms. The summed E-state index contributed by atoms with van der Waals surface area (Å²) in [5.74, 6) is -0.207. The van der Waals surface area contributed by atoms with Crippen LogP contribution in [0.4, 0.5) is 0 Å². The van der Waals surface area contributed by atoms with Gasteiger partial charge in [0.25, 0.3) is 5.91 Å². The minimum Gasteiger partial charge on any atom is -0.676 e. The van der Waals surface area contributed by atoms with Crippen molar-refractivity contribution < 1.29 is 14.3 Å². The topological polar surface area (TPSA) is 73.7 Å². The number of benzene rings is 1. The van der Waals surface area contributed by atoms with Crippen LogP contribution in [-0.4, -0.2) is 66.0 Å². The van der Waals surface area contributed by atoms with E-state index < -0.39 is 5.60 Å². The van der Waals surface area contributed by atoms with Crippen LogP contribution in [0.5, 0.6) is 0 Å². The highest BCUT2D eigenvalue weighted by Gasteiger charge is 2.34. The average molecular weight is 425 g/mol. The molecule has 0 saturated carbocycles. The predicted molar refractivity (Wildman–Crippen MR) is 105 cm³/mol. The van der Waals surface area contributed by atoms with E-state index in [2.05, 4.69) is 20.8 Å². The maximum absolute atomic E-state index is 12.5. The van der Waals surface area contributed by atoms with Crippen molar-refractivity contribution in [3.63, 3.8) is 0 Å². The van der Waals surface area contributed by atoms with Crippen molar-refractivity contribution in [3.8, 4) is 0 Å². The average Bonchev–Trinajstić information content (AvgIpc) is 2.50. The van der Waals surface area contributed by atoms with Crippen LogP contribution in [0.25, 0.3) is 5.73 Å². The van der Waals surface area contributed by atoms with Crippen molar-refractivity contribution in [2.45, 2.75) is 38.8 Å². The maximum Gasteiger partial charge on any atom is 0.307 e. The van der Waals surface area contributed by atoms with Gasteiger partial charge in [0.05, 0.1) is 6.42 Å². The van der Waals surface area contributed by atoms with Gasteiger partial charge in [-0.05, 0) is 51.6 Å². The normalized spacial score (nSPS) is 15.1. The number of halogens is 1. The largest absolute Gasteiger partial charge is 0.676 e. The molecule has 1 saturated heterocycles. The highest BCUT2D eigenvalue weighted by molar-refractivity contribution is 9.10. The van der Waals surface area contributed by atoms with Gasteiger partial charge in [0.1, 0.15) is 5.60 Å². The molecule has 1 aromatic carbocycles. The quantitative estimate of drug-likeness (QED) is 0.628. The monoisotopic (exact) mass is 424 g/mol. The van der Waals surface area contributed by atoms with Crippen molar-refractivity contribution in [2.24, 2.45) is 0 Å². The molecule has 2 rings (SSSR count). The lowest BCUT2D eigenvalue weighted by Crippen LogP contribution is -2.61. The summed E-state index contributed by atoms with van der Waals surface area (Å²) in [6, 6.07) is 7.53. The lowest BCUT2D eigenvalue weighted by Gasteiger charge is -2.46. The number of likely N-dealkylation sites (tertiary alicyclic amines) is 1. The molecule has 144 valence electrons. The Labute approximate surface area is 163 Å². The van der Waals surface area contributed by atoms with Crippen LogP contribution in [0, 0.1) is 0 Å². The highest BCUT2D eigenvalue weighted by atomic mass is 79.9. The summed E-state index contributed by atoms with van der Waals surface area (Å²) in [5, 5.41) is 0. The van der Waals surface area contributed by atoms with Crippen LogP contribution in [0.3, 0.4) is 0 Å². The third-order valence-electron chi connectivity index (χ3n) is 4.18. The van der Waals surface area contributed by atoms with Crippen molar-refractivity contribution >= 4 is 27.8 Å². The van der Waals surface area contributed by atoms with Crippen LogP contribution in [0.1, 0.15) is 37.6 Å². The third kappa shape index (κ3) is 6.07. The molecule has 0 unspecified atom stereocenters. The molecule has 6 nitrogen and oxygen atoms in total.